The van der Waals surface area contributed by atoms with Crippen molar-refractivity contribution in [2.75, 3.05) is 6.54 Å². The van der Waals surface area contributed by atoms with Gasteiger partial charge in [-0.25, -0.2) is 0 Å². The summed E-state index contributed by atoms with van der Waals surface area (Å²) >= 11 is 0. The lowest BCUT2D eigenvalue weighted by Crippen LogP contribution is -2.29. The van der Waals surface area contributed by atoms with Crippen LogP contribution in [0.1, 0.15) is 48.8 Å². The number of amides is 1. The van der Waals surface area contributed by atoms with Gasteiger partial charge in [-0.3, -0.25) is 14.3 Å². The highest BCUT2D eigenvalue weighted by Gasteiger charge is 2.17. The standard InChI is InChI=1S/C12H19N3O3/c1-4-9(5-2)15-8(3)10(6-14-15)12(18)13-7-11(16)17/h6,9H,4-5,7H2,1-3H3,(H,13,18)(H,16,17). The van der Waals surface area contributed by atoms with Crippen LogP contribution in [-0.2, 0) is 4.79 Å². The Bertz CT molecular complexity index is 436. The van der Waals surface area contributed by atoms with E-state index in [1.54, 1.807) is 0 Å². The molecule has 1 aromatic heterocycles. The number of aliphatic carboxylic acids is 1. The molecule has 6 heteroatoms. The number of carboxylic acids is 1. The fraction of sp³-hybridized carbons (Fsp3) is 0.583. The van der Waals surface area contributed by atoms with Gasteiger partial charge in [0.15, 0.2) is 0 Å². The molecule has 0 saturated heterocycles. The Morgan fingerprint density at radius 2 is 2.06 bits per heavy atom. The molecule has 1 amide bonds. The van der Waals surface area contributed by atoms with E-state index in [4.69, 9.17) is 5.11 Å². The summed E-state index contributed by atoms with van der Waals surface area (Å²) in [6, 6.07) is 0.269. The zero-order valence-corrected chi connectivity index (χ0v) is 10.9. The van der Waals surface area contributed by atoms with E-state index in [9.17, 15) is 9.59 Å². The van der Waals surface area contributed by atoms with Crippen molar-refractivity contribution in [1.82, 2.24) is 15.1 Å². The van der Waals surface area contributed by atoms with E-state index < -0.39 is 11.9 Å². The summed E-state index contributed by atoms with van der Waals surface area (Å²) in [5.74, 6) is -1.46. The minimum Gasteiger partial charge on any atom is -0.480 e. The summed E-state index contributed by atoms with van der Waals surface area (Å²) in [5.41, 5.74) is 1.20. The van der Waals surface area contributed by atoms with E-state index in [-0.39, 0.29) is 12.6 Å². The molecule has 100 valence electrons. The fourth-order valence-electron chi connectivity index (χ4n) is 1.90. The largest absolute Gasteiger partial charge is 0.480 e. The first kappa shape index (κ1) is 14.2. The highest BCUT2D eigenvalue weighted by atomic mass is 16.4. The summed E-state index contributed by atoms with van der Waals surface area (Å²) in [6.07, 6.45) is 3.37. The van der Waals surface area contributed by atoms with E-state index in [2.05, 4.69) is 24.3 Å². The van der Waals surface area contributed by atoms with Gasteiger partial charge in [-0.05, 0) is 19.8 Å². The second kappa shape index (κ2) is 6.18. The molecule has 0 aliphatic heterocycles. The highest BCUT2D eigenvalue weighted by molar-refractivity contribution is 5.96. The summed E-state index contributed by atoms with van der Waals surface area (Å²) in [4.78, 5) is 22.1. The molecular formula is C12H19N3O3. The Kier molecular flexibility index (Phi) is 4.88. The zero-order valence-electron chi connectivity index (χ0n) is 10.9. The first-order valence-corrected chi connectivity index (χ1v) is 6.05. The Labute approximate surface area is 106 Å². The van der Waals surface area contributed by atoms with Gasteiger partial charge in [0.2, 0.25) is 0 Å². The smallest absolute Gasteiger partial charge is 0.322 e. The van der Waals surface area contributed by atoms with Gasteiger partial charge in [-0.15, -0.1) is 0 Å². The second-order valence-corrected chi connectivity index (χ2v) is 4.13. The number of carboxylic acid groups (broad SMARTS) is 1. The molecule has 0 atom stereocenters. The molecule has 0 saturated carbocycles. The lowest BCUT2D eigenvalue weighted by Gasteiger charge is -2.15. The quantitative estimate of drug-likeness (QED) is 0.801. The average molecular weight is 253 g/mol. The number of carbonyl (C=O) groups is 2. The molecule has 0 aromatic carbocycles. The van der Waals surface area contributed by atoms with Crippen molar-refractivity contribution in [2.24, 2.45) is 0 Å². The SMILES string of the molecule is CCC(CC)n1ncc(C(=O)NCC(=O)O)c1C. The van der Waals surface area contributed by atoms with Gasteiger partial charge >= 0.3 is 5.97 Å². The maximum absolute atomic E-state index is 11.8. The Morgan fingerprint density at radius 1 is 1.44 bits per heavy atom. The number of nitrogens with one attached hydrogen (secondary N) is 1. The molecule has 0 unspecified atom stereocenters. The fourth-order valence-corrected chi connectivity index (χ4v) is 1.90. The first-order valence-electron chi connectivity index (χ1n) is 6.05. The molecule has 0 aliphatic carbocycles. The number of nitrogens with zero attached hydrogens (tertiary/aromatic N) is 2. The third kappa shape index (κ3) is 3.09. The molecule has 6 nitrogen and oxygen atoms in total. The summed E-state index contributed by atoms with van der Waals surface area (Å²) in [5, 5.41) is 15.1. The minimum absolute atomic E-state index is 0.269. The molecule has 0 aliphatic rings. The molecule has 0 spiro atoms. The van der Waals surface area contributed by atoms with Crippen molar-refractivity contribution >= 4 is 11.9 Å². The van der Waals surface area contributed by atoms with Gasteiger partial charge in [0, 0.05) is 5.69 Å². The van der Waals surface area contributed by atoms with Crippen LogP contribution in [0.2, 0.25) is 0 Å². The number of rotatable bonds is 6. The maximum atomic E-state index is 11.8. The number of aromatic nitrogens is 2. The maximum Gasteiger partial charge on any atom is 0.322 e. The van der Waals surface area contributed by atoms with E-state index in [1.807, 2.05) is 11.6 Å². The van der Waals surface area contributed by atoms with E-state index in [1.165, 1.54) is 6.20 Å². The van der Waals surface area contributed by atoms with Gasteiger partial charge in [0.25, 0.3) is 5.91 Å². The van der Waals surface area contributed by atoms with Crippen LogP contribution < -0.4 is 5.32 Å². The van der Waals surface area contributed by atoms with E-state index in [0.717, 1.165) is 18.5 Å². The minimum atomic E-state index is -1.06. The average Bonchev–Trinajstić information content (AvgIpc) is 2.70. The summed E-state index contributed by atoms with van der Waals surface area (Å²) in [6.45, 7) is 5.58. The van der Waals surface area contributed by atoms with Gasteiger partial charge in [-0.1, -0.05) is 13.8 Å². The van der Waals surface area contributed by atoms with Gasteiger partial charge in [-0.2, -0.15) is 5.10 Å². The molecule has 0 radical (unpaired) electrons. The number of hydrogen-bond acceptors (Lipinski definition) is 3. The van der Waals surface area contributed by atoms with Gasteiger partial charge < -0.3 is 10.4 Å². The molecule has 0 fully saturated rings. The van der Waals surface area contributed by atoms with Crippen molar-refractivity contribution in [3.05, 3.63) is 17.5 Å². The highest BCUT2D eigenvalue weighted by Crippen LogP contribution is 2.19. The number of carbonyl (C=O) groups excluding carboxylic acids is 1. The summed E-state index contributed by atoms with van der Waals surface area (Å²) < 4.78 is 1.83. The van der Waals surface area contributed by atoms with Crippen LogP contribution in [0.15, 0.2) is 6.20 Å². The number of hydrogen-bond donors (Lipinski definition) is 2. The molecule has 18 heavy (non-hydrogen) atoms. The summed E-state index contributed by atoms with van der Waals surface area (Å²) in [7, 11) is 0. The van der Waals surface area contributed by atoms with Crippen LogP contribution in [0.25, 0.3) is 0 Å². The normalized spacial score (nSPS) is 10.7. The predicted octanol–water partition coefficient (Wildman–Crippen LogP) is 1.37. The Balaban J connectivity index is 2.85. The van der Waals surface area contributed by atoms with Crippen LogP contribution in [0.3, 0.4) is 0 Å². The van der Waals surface area contributed by atoms with E-state index in [0.29, 0.717) is 5.56 Å². The van der Waals surface area contributed by atoms with Gasteiger partial charge in [0.1, 0.15) is 6.54 Å². The van der Waals surface area contributed by atoms with Crippen molar-refractivity contribution in [2.45, 2.75) is 39.7 Å². The Morgan fingerprint density at radius 3 is 2.56 bits per heavy atom. The van der Waals surface area contributed by atoms with Crippen LogP contribution in [0, 0.1) is 6.92 Å². The zero-order chi connectivity index (χ0) is 13.7. The first-order chi connectivity index (χ1) is 8.51. The lowest BCUT2D eigenvalue weighted by atomic mass is 10.1. The van der Waals surface area contributed by atoms with Crippen molar-refractivity contribution in [3.8, 4) is 0 Å². The monoisotopic (exact) mass is 253 g/mol. The predicted molar refractivity (Wildman–Crippen MR) is 66.6 cm³/mol. The van der Waals surface area contributed by atoms with Crippen molar-refractivity contribution in [1.29, 1.82) is 0 Å². The van der Waals surface area contributed by atoms with E-state index >= 15 is 0 Å². The van der Waals surface area contributed by atoms with Crippen LogP contribution in [-0.4, -0.2) is 33.3 Å². The van der Waals surface area contributed by atoms with Crippen molar-refractivity contribution < 1.29 is 14.7 Å². The lowest BCUT2D eigenvalue weighted by molar-refractivity contribution is -0.135. The van der Waals surface area contributed by atoms with Crippen LogP contribution in [0.4, 0.5) is 0 Å². The topological polar surface area (TPSA) is 84.2 Å². The molecule has 0 bridgehead atoms. The Hall–Kier alpha value is -1.85. The van der Waals surface area contributed by atoms with Gasteiger partial charge in [0.05, 0.1) is 17.8 Å². The molecule has 1 heterocycles. The van der Waals surface area contributed by atoms with Crippen LogP contribution in [0.5, 0.6) is 0 Å². The molecule has 2 N–H and O–H groups in total. The molecule has 1 aromatic rings. The molecule has 1 rings (SSSR count). The molecular weight excluding hydrogens is 234 g/mol. The van der Waals surface area contributed by atoms with Crippen LogP contribution >= 0.6 is 0 Å². The van der Waals surface area contributed by atoms with Crippen molar-refractivity contribution in [3.63, 3.8) is 0 Å². The third-order valence-electron chi connectivity index (χ3n) is 2.98. The third-order valence-corrected chi connectivity index (χ3v) is 2.98. The second-order valence-electron chi connectivity index (χ2n) is 4.13.